The SMILES string of the molecule is CC(C)N1C2=CC(=NC(=O)OCCOc3ccc(O)c(O)c3)C(=C3C(=O)C(c4cc5c(cc4NC(=O)OCCOc4ccc(O)c(O)c4)N(C(C)C)C(C)C5(C)C)=C3O)C=C2C(C)(C)C1C. The van der Waals surface area contributed by atoms with Gasteiger partial charge in [-0.15, -0.1) is 0 Å². The number of carbonyl (C=O) groups excluding carboxylic acids is 3. The lowest BCUT2D eigenvalue weighted by molar-refractivity contribution is -0.111. The van der Waals surface area contributed by atoms with E-state index in [4.69, 9.17) is 18.9 Å². The highest BCUT2D eigenvalue weighted by Crippen LogP contribution is 2.53. The Labute approximate surface area is 383 Å². The Morgan fingerprint density at radius 3 is 1.82 bits per heavy atom. The Balaban J connectivity index is 1.25. The molecule has 0 bridgehead atoms. The fraction of sp³-hybridized carbons (Fsp3) is 0.400. The molecule has 66 heavy (non-hydrogen) atoms. The maximum Gasteiger partial charge on any atom is 0.434 e. The molecule has 2 aliphatic heterocycles. The summed E-state index contributed by atoms with van der Waals surface area (Å²) in [6.07, 6.45) is 1.75. The number of Topliss-reactive ketones (excluding diaryl/α,β-unsaturated/α-hetero) is 1. The number of hydrogen-bond donors (Lipinski definition) is 6. The van der Waals surface area contributed by atoms with Crippen LogP contribution in [-0.4, -0.2) is 105 Å². The number of likely N-dealkylation sites (tertiary alicyclic amines) is 1. The molecule has 16 nitrogen and oxygen atoms in total. The predicted molar refractivity (Wildman–Crippen MR) is 249 cm³/mol. The Hall–Kier alpha value is -7.10. The van der Waals surface area contributed by atoms with Crippen molar-refractivity contribution in [2.75, 3.05) is 36.6 Å². The fourth-order valence-electron chi connectivity index (χ4n) is 9.19. The molecule has 2 aliphatic carbocycles. The summed E-state index contributed by atoms with van der Waals surface area (Å²) in [4.78, 5) is 50.4. The summed E-state index contributed by atoms with van der Waals surface area (Å²) < 4.78 is 22.0. The zero-order valence-electron chi connectivity index (χ0n) is 38.8. The first-order valence-electron chi connectivity index (χ1n) is 22.0. The molecule has 2 heterocycles. The van der Waals surface area contributed by atoms with Gasteiger partial charge in [0.15, 0.2) is 23.0 Å². The molecule has 6 N–H and O–H groups in total. The second-order valence-electron chi connectivity index (χ2n) is 18.5. The topological polar surface area (TPSA) is 220 Å². The predicted octanol–water partition coefficient (Wildman–Crippen LogP) is 8.80. The molecule has 0 radical (unpaired) electrons. The molecule has 0 saturated carbocycles. The highest BCUT2D eigenvalue weighted by molar-refractivity contribution is 6.42. The molecule has 0 aromatic heterocycles. The second kappa shape index (κ2) is 17.7. The summed E-state index contributed by atoms with van der Waals surface area (Å²) in [6, 6.07) is 11.7. The number of aliphatic hydroxyl groups is 1. The van der Waals surface area contributed by atoms with Crippen LogP contribution in [0.15, 0.2) is 93.9 Å². The lowest BCUT2D eigenvalue weighted by Gasteiger charge is -2.34. The molecule has 3 aromatic rings. The number of benzene rings is 3. The van der Waals surface area contributed by atoms with E-state index in [1.54, 1.807) is 12.1 Å². The van der Waals surface area contributed by atoms with Gasteiger partial charge < -0.3 is 54.3 Å². The van der Waals surface area contributed by atoms with Crippen LogP contribution >= 0.6 is 0 Å². The molecular weight excluding hydrogens is 849 g/mol. The number of ketones is 1. The number of rotatable bonds is 12. The number of carbonyl (C=O) groups is 3. The van der Waals surface area contributed by atoms with Crippen molar-refractivity contribution < 1.29 is 58.9 Å². The van der Waals surface area contributed by atoms with E-state index in [-0.39, 0.29) is 125 Å². The van der Waals surface area contributed by atoms with E-state index in [0.29, 0.717) is 0 Å². The number of nitrogens with zero attached hydrogens (tertiary/aromatic N) is 3. The zero-order valence-corrected chi connectivity index (χ0v) is 38.8. The normalized spacial score (nSPS) is 21.1. The number of aliphatic imine (C=N–C) groups is 1. The van der Waals surface area contributed by atoms with Gasteiger partial charge in [-0.1, -0.05) is 27.7 Å². The van der Waals surface area contributed by atoms with Gasteiger partial charge in [-0.2, -0.15) is 4.99 Å². The summed E-state index contributed by atoms with van der Waals surface area (Å²) in [6.45, 7) is 20.4. The zero-order chi connectivity index (χ0) is 48.2. The number of amides is 2. The summed E-state index contributed by atoms with van der Waals surface area (Å²) >= 11 is 0. The molecular formula is C50H58N4O12. The van der Waals surface area contributed by atoms with Gasteiger partial charge in [-0.25, -0.2) is 9.59 Å². The maximum atomic E-state index is 14.7. The molecule has 4 aliphatic rings. The highest BCUT2D eigenvalue weighted by Gasteiger charge is 2.49. The number of allylic oxidation sites excluding steroid dienone is 6. The highest BCUT2D eigenvalue weighted by atomic mass is 16.6. The lowest BCUT2D eigenvalue weighted by Crippen LogP contribution is -2.42. The van der Waals surface area contributed by atoms with Crippen molar-refractivity contribution in [2.45, 2.75) is 98.8 Å². The third-order valence-corrected chi connectivity index (χ3v) is 13.2. The minimum Gasteiger partial charge on any atom is -0.506 e. The number of nitrogens with one attached hydrogen (secondary N) is 1. The number of phenols is 4. The van der Waals surface area contributed by atoms with Gasteiger partial charge >= 0.3 is 12.2 Å². The molecule has 7 rings (SSSR count). The Morgan fingerprint density at radius 2 is 1.27 bits per heavy atom. The Morgan fingerprint density at radius 1 is 0.712 bits per heavy atom. The largest absolute Gasteiger partial charge is 0.506 e. The van der Waals surface area contributed by atoms with Gasteiger partial charge in [0.05, 0.1) is 22.5 Å². The van der Waals surface area contributed by atoms with Crippen molar-refractivity contribution in [2.24, 2.45) is 10.4 Å². The van der Waals surface area contributed by atoms with Crippen molar-refractivity contribution in [1.82, 2.24) is 4.90 Å². The van der Waals surface area contributed by atoms with Gasteiger partial charge in [0.25, 0.3) is 0 Å². The summed E-state index contributed by atoms with van der Waals surface area (Å²) in [5.74, 6) is -1.71. The number of aliphatic hydroxyl groups excluding tert-OH is 1. The third-order valence-electron chi connectivity index (χ3n) is 13.2. The molecule has 2 atom stereocenters. The number of ether oxygens (including phenoxy) is 4. The van der Waals surface area contributed by atoms with Crippen LogP contribution in [0.5, 0.6) is 34.5 Å². The molecule has 16 heteroatoms. The number of anilines is 2. The summed E-state index contributed by atoms with van der Waals surface area (Å²) in [5, 5.41) is 53.7. The number of phenolic OH excluding ortho intramolecular Hbond substituents is 4. The minimum absolute atomic E-state index is 0.0181. The molecule has 350 valence electrons. The van der Waals surface area contributed by atoms with Crippen LogP contribution in [0.1, 0.15) is 80.4 Å². The molecule has 2 unspecified atom stereocenters. The van der Waals surface area contributed by atoms with E-state index in [2.05, 4.69) is 89.3 Å². The van der Waals surface area contributed by atoms with Crippen molar-refractivity contribution >= 4 is 40.6 Å². The van der Waals surface area contributed by atoms with Crippen molar-refractivity contribution in [3.63, 3.8) is 0 Å². The lowest BCUT2D eigenvalue weighted by atomic mass is 9.73. The molecule has 2 amide bonds. The van der Waals surface area contributed by atoms with Gasteiger partial charge in [-0.05, 0) is 101 Å². The standard InChI is InChI=1S/C50H58N4O12/c1-25(2)53-27(5)49(7,8)33-21-31(35(23-37(33)53)51-47(61)65-17-15-63-29-11-13-39(55)41(57)19-29)43-45(59)44(46(43)60)32-22-34-38(54(26(3)4)28(6)50(34,9)10)24-36(32)52-48(62)66-18-16-64-30-12-14-40(56)42(58)20-30/h11-14,19-28,55-59H,15-18H2,1-10H3,(H,51,61). The molecule has 1 fully saturated rings. The van der Waals surface area contributed by atoms with Crippen LogP contribution in [0.2, 0.25) is 0 Å². The van der Waals surface area contributed by atoms with Gasteiger partial charge in [0.2, 0.25) is 5.78 Å². The van der Waals surface area contributed by atoms with Crippen LogP contribution < -0.4 is 19.7 Å². The van der Waals surface area contributed by atoms with Crippen LogP contribution in [0, 0.1) is 5.41 Å². The van der Waals surface area contributed by atoms with Gasteiger partial charge in [0.1, 0.15) is 43.7 Å². The average molecular weight is 907 g/mol. The Kier molecular flexibility index (Phi) is 12.6. The van der Waals surface area contributed by atoms with Gasteiger partial charge in [-0.3, -0.25) is 10.1 Å². The van der Waals surface area contributed by atoms with Crippen LogP contribution in [0.25, 0.3) is 5.57 Å². The van der Waals surface area contributed by atoms with Crippen LogP contribution in [-0.2, 0) is 19.7 Å². The van der Waals surface area contributed by atoms with E-state index in [1.807, 2.05) is 12.1 Å². The number of hydrogen-bond acceptors (Lipinski definition) is 14. The smallest absolute Gasteiger partial charge is 0.434 e. The van der Waals surface area contributed by atoms with E-state index >= 15 is 0 Å². The first-order valence-corrected chi connectivity index (χ1v) is 22.0. The fourth-order valence-corrected chi connectivity index (χ4v) is 9.19. The molecule has 1 saturated heterocycles. The van der Waals surface area contributed by atoms with E-state index in [9.17, 15) is 39.9 Å². The first-order chi connectivity index (χ1) is 31.0. The quantitative estimate of drug-likeness (QED) is 0.0569. The van der Waals surface area contributed by atoms with Crippen molar-refractivity contribution in [3.8, 4) is 34.5 Å². The van der Waals surface area contributed by atoms with Crippen LogP contribution in [0.3, 0.4) is 0 Å². The molecule has 3 aromatic carbocycles. The Bertz CT molecular complexity index is 2650. The van der Waals surface area contributed by atoms with E-state index < -0.39 is 28.8 Å². The number of fused-ring (bicyclic) bond motifs is 2. The second-order valence-corrected chi connectivity index (χ2v) is 18.5. The summed E-state index contributed by atoms with van der Waals surface area (Å²) in [5.41, 5.74) is 3.42. The first kappa shape index (κ1) is 46.9. The molecule has 0 spiro atoms. The average Bonchev–Trinajstić information content (AvgIpc) is 3.56. The number of aromatic hydroxyl groups is 4. The third kappa shape index (κ3) is 8.47. The van der Waals surface area contributed by atoms with Crippen molar-refractivity contribution in [1.29, 1.82) is 0 Å². The van der Waals surface area contributed by atoms with Gasteiger partial charge in [0, 0.05) is 69.7 Å². The van der Waals surface area contributed by atoms with E-state index in [0.717, 1.165) is 22.5 Å². The van der Waals surface area contributed by atoms with Crippen LogP contribution in [0.4, 0.5) is 21.0 Å². The van der Waals surface area contributed by atoms with Crippen molar-refractivity contribution in [3.05, 3.63) is 100.0 Å². The minimum atomic E-state index is -0.966. The monoisotopic (exact) mass is 906 g/mol. The maximum absolute atomic E-state index is 14.7. The summed E-state index contributed by atoms with van der Waals surface area (Å²) in [7, 11) is 0. The van der Waals surface area contributed by atoms with E-state index in [1.165, 1.54) is 36.4 Å².